The molecule has 1 saturated carbocycles. The molecule has 31 heavy (non-hydrogen) atoms. The van der Waals surface area contributed by atoms with E-state index in [1.165, 1.54) is 5.56 Å². The fraction of sp³-hybridized carbons (Fsp3) is 0.462. The van der Waals surface area contributed by atoms with Crippen LogP contribution < -0.4 is 9.47 Å². The Morgan fingerprint density at radius 1 is 1.06 bits per heavy atom. The molecule has 0 amide bonds. The molecule has 1 fully saturated rings. The molecule has 0 radical (unpaired) electrons. The number of carbonyl (C=O) groups excluding carboxylic acids is 1. The third-order valence-electron chi connectivity index (χ3n) is 6.57. The molecule has 0 spiro atoms. The summed E-state index contributed by atoms with van der Waals surface area (Å²) < 4.78 is 11.3. The highest BCUT2D eigenvalue weighted by molar-refractivity contribution is 5.99. The number of aliphatic carboxylic acids is 1. The van der Waals surface area contributed by atoms with Crippen molar-refractivity contribution in [2.75, 3.05) is 13.7 Å². The lowest BCUT2D eigenvalue weighted by Crippen LogP contribution is -2.37. The SMILES string of the molecule is CCC1CCC(CC(=O)c2ccc(OC)c(OCCc3ccccc3)c2)(C(=O)O)CC1. The zero-order chi connectivity index (χ0) is 22.3. The van der Waals surface area contributed by atoms with Crippen LogP contribution in [0, 0.1) is 11.3 Å². The van der Waals surface area contributed by atoms with E-state index in [1.54, 1.807) is 25.3 Å². The van der Waals surface area contributed by atoms with Crippen molar-refractivity contribution in [3.05, 3.63) is 59.7 Å². The van der Waals surface area contributed by atoms with Crippen LogP contribution in [0.15, 0.2) is 48.5 Å². The molecule has 5 heteroatoms. The number of rotatable bonds is 10. The molecule has 5 nitrogen and oxygen atoms in total. The van der Waals surface area contributed by atoms with E-state index >= 15 is 0 Å². The lowest BCUT2D eigenvalue weighted by atomic mass is 9.67. The normalized spacial score (nSPS) is 20.8. The summed E-state index contributed by atoms with van der Waals surface area (Å²) in [7, 11) is 1.56. The second-order valence-electron chi connectivity index (χ2n) is 8.49. The highest BCUT2D eigenvalue weighted by atomic mass is 16.5. The molecule has 2 aromatic rings. The number of Topliss-reactive ketones (excluding diaryl/α,β-unsaturated/α-hetero) is 1. The summed E-state index contributed by atoms with van der Waals surface area (Å²) in [6.45, 7) is 2.59. The van der Waals surface area contributed by atoms with E-state index in [9.17, 15) is 14.7 Å². The average molecular weight is 425 g/mol. The Balaban J connectivity index is 1.70. The highest BCUT2D eigenvalue weighted by Crippen LogP contribution is 2.44. The fourth-order valence-electron chi connectivity index (χ4n) is 4.40. The third kappa shape index (κ3) is 5.66. The van der Waals surface area contributed by atoms with Crippen molar-refractivity contribution in [2.45, 2.75) is 51.9 Å². The molecule has 0 unspecified atom stereocenters. The first-order valence-electron chi connectivity index (χ1n) is 11.1. The van der Waals surface area contributed by atoms with Crippen molar-refractivity contribution < 1.29 is 24.2 Å². The van der Waals surface area contributed by atoms with E-state index in [0.717, 1.165) is 25.7 Å². The van der Waals surface area contributed by atoms with Gasteiger partial charge in [0.25, 0.3) is 0 Å². The molecule has 0 aromatic heterocycles. The predicted molar refractivity (Wildman–Crippen MR) is 120 cm³/mol. The number of carboxylic acid groups (broad SMARTS) is 1. The van der Waals surface area contributed by atoms with Gasteiger partial charge in [0.1, 0.15) is 0 Å². The van der Waals surface area contributed by atoms with E-state index in [-0.39, 0.29) is 12.2 Å². The van der Waals surface area contributed by atoms with Gasteiger partial charge in [-0.25, -0.2) is 0 Å². The standard InChI is InChI=1S/C26H32O5/c1-3-19-11-14-26(15-12-19,25(28)29)18-22(27)21-9-10-23(30-2)24(17-21)31-16-13-20-7-5-4-6-8-20/h4-10,17,19H,3,11-16,18H2,1-2H3,(H,28,29). The summed E-state index contributed by atoms with van der Waals surface area (Å²) >= 11 is 0. The van der Waals surface area contributed by atoms with Crippen molar-refractivity contribution in [3.8, 4) is 11.5 Å². The summed E-state index contributed by atoms with van der Waals surface area (Å²) in [5.41, 5.74) is 0.672. The molecule has 0 saturated heterocycles. The Labute approximate surface area is 184 Å². The van der Waals surface area contributed by atoms with Crippen LogP contribution in [0.2, 0.25) is 0 Å². The van der Waals surface area contributed by atoms with Gasteiger partial charge in [0.2, 0.25) is 0 Å². The van der Waals surface area contributed by atoms with Crippen LogP contribution in [-0.4, -0.2) is 30.6 Å². The molecule has 1 aliphatic rings. The van der Waals surface area contributed by atoms with Gasteiger partial charge < -0.3 is 14.6 Å². The van der Waals surface area contributed by atoms with Gasteiger partial charge in [0.05, 0.1) is 19.1 Å². The van der Waals surface area contributed by atoms with Gasteiger partial charge in [0, 0.05) is 18.4 Å². The number of methoxy groups -OCH3 is 1. The lowest BCUT2D eigenvalue weighted by molar-refractivity contribution is -0.151. The van der Waals surface area contributed by atoms with Crippen molar-refractivity contribution in [1.29, 1.82) is 0 Å². The molecule has 166 valence electrons. The molecule has 1 N–H and O–H groups in total. The lowest BCUT2D eigenvalue weighted by Gasteiger charge is -2.36. The summed E-state index contributed by atoms with van der Waals surface area (Å²) in [6, 6.07) is 15.1. The summed E-state index contributed by atoms with van der Waals surface area (Å²) in [6.07, 6.45) is 4.68. The Kier molecular flexibility index (Phi) is 7.72. The van der Waals surface area contributed by atoms with E-state index in [1.807, 2.05) is 30.3 Å². The second kappa shape index (κ2) is 10.5. The Hall–Kier alpha value is -2.82. The first kappa shape index (κ1) is 22.9. The van der Waals surface area contributed by atoms with Gasteiger partial charge in [-0.1, -0.05) is 43.7 Å². The molecule has 0 aliphatic heterocycles. The average Bonchev–Trinajstić information content (AvgIpc) is 2.80. The minimum atomic E-state index is -0.961. The van der Waals surface area contributed by atoms with Gasteiger partial charge in [0.15, 0.2) is 17.3 Å². The quantitative estimate of drug-likeness (QED) is 0.506. The van der Waals surface area contributed by atoms with Crippen LogP contribution in [0.4, 0.5) is 0 Å². The minimum absolute atomic E-state index is 0.0224. The predicted octanol–water partition coefficient (Wildman–Crippen LogP) is 5.56. The summed E-state index contributed by atoms with van der Waals surface area (Å²) in [5.74, 6) is 0.605. The second-order valence-corrected chi connectivity index (χ2v) is 8.49. The van der Waals surface area contributed by atoms with Crippen LogP contribution in [0.1, 0.15) is 61.4 Å². The smallest absolute Gasteiger partial charge is 0.310 e. The number of hydrogen-bond donors (Lipinski definition) is 1. The Morgan fingerprint density at radius 3 is 2.39 bits per heavy atom. The number of carboxylic acids is 1. The number of benzene rings is 2. The molecule has 0 heterocycles. The maximum absolute atomic E-state index is 13.1. The number of ether oxygens (including phenoxy) is 2. The molecule has 3 rings (SSSR count). The molecular weight excluding hydrogens is 392 g/mol. The maximum Gasteiger partial charge on any atom is 0.310 e. The summed E-state index contributed by atoms with van der Waals surface area (Å²) in [5, 5.41) is 9.91. The van der Waals surface area contributed by atoms with Crippen LogP contribution >= 0.6 is 0 Å². The van der Waals surface area contributed by atoms with Gasteiger partial charge in [-0.2, -0.15) is 0 Å². The minimum Gasteiger partial charge on any atom is -0.493 e. The van der Waals surface area contributed by atoms with Crippen molar-refractivity contribution >= 4 is 11.8 Å². The van der Waals surface area contributed by atoms with E-state index in [2.05, 4.69) is 6.92 Å². The zero-order valence-electron chi connectivity index (χ0n) is 18.4. The van der Waals surface area contributed by atoms with Gasteiger partial charge in [-0.05, 0) is 55.4 Å². The summed E-state index contributed by atoms with van der Waals surface area (Å²) in [4.78, 5) is 25.1. The van der Waals surface area contributed by atoms with Gasteiger partial charge in [-0.3, -0.25) is 9.59 Å². The fourth-order valence-corrected chi connectivity index (χ4v) is 4.40. The molecule has 2 aromatic carbocycles. The van der Waals surface area contributed by atoms with Crippen molar-refractivity contribution in [1.82, 2.24) is 0 Å². The monoisotopic (exact) mass is 424 g/mol. The third-order valence-corrected chi connectivity index (χ3v) is 6.57. The first-order valence-corrected chi connectivity index (χ1v) is 11.1. The Bertz CT molecular complexity index is 882. The number of carbonyl (C=O) groups is 2. The number of hydrogen-bond acceptors (Lipinski definition) is 4. The molecular formula is C26H32O5. The van der Waals surface area contributed by atoms with Crippen molar-refractivity contribution in [3.63, 3.8) is 0 Å². The molecule has 0 bridgehead atoms. The molecule has 1 aliphatic carbocycles. The van der Waals surface area contributed by atoms with E-state index in [0.29, 0.717) is 42.4 Å². The zero-order valence-corrected chi connectivity index (χ0v) is 18.4. The maximum atomic E-state index is 13.1. The molecule has 0 atom stereocenters. The first-order chi connectivity index (χ1) is 15.0. The highest BCUT2D eigenvalue weighted by Gasteiger charge is 2.43. The number of ketones is 1. The largest absolute Gasteiger partial charge is 0.493 e. The topological polar surface area (TPSA) is 72.8 Å². The van der Waals surface area contributed by atoms with Crippen molar-refractivity contribution in [2.24, 2.45) is 11.3 Å². The van der Waals surface area contributed by atoms with Crippen LogP contribution in [-0.2, 0) is 11.2 Å². The van der Waals surface area contributed by atoms with Gasteiger partial charge in [-0.15, -0.1) is 0 Å². The van der Waals surface area contributed by atoms with E-state index < -0.39 is 11.4 Å². The van der Waals surface area contributed by atoms with Crippen LogP contribution in [0.5, 0.6) is 11.5 Å². The van der Waals surface area contributed by atoms with Crippen LogP contribution in [0.3, 0.4) is 0 Å². The van der Waals surface area contributed by atoms with Crippen LogP contribution in [0.25, 0.3) is 0 Å². The Morgan fingerprint density at radius 2 is 1.77 bits per heavy atom. The van der Waals surface area contributed by atoms with E-state index in [4.69, 9.17) is 9.47 Å². The van der Waals surface area contributed by atoms with Gasteiger partial charge >= 0.3 is 5.97 Å².